The third-order valence-corrected chi connectivity index (χ3v) is 10.3. The van der Waals surface area contributed by atoms with E-state index >= 15 is 0 Å². The van der Waals surface area contributed by atoms with Crippen molar-refractivity contribution in [3.63, 3.8) is 0 Å². The molecule has 0 spiro atoms. The summed E-state index contributed by atoms with van der Waals surface area (Å²) in [4.78, 5) is 53.7. The number of carboxylic acid groups (broad SMARTS) is 1. The number of benzene rings is 4. The molecule has 0 aliphatic rings. The second-order valence-electron chi connectivity index (χ2n) is 13.8. The maximum absolute atomic E-state index is 12.6. The van der Waals surface area contributed by atoms with Crippen LogP contribution in [0.3, 0.4) is 0 Å². The predicted octanol–water partition coefficient (Wildman–Crippen LogP) is 5.93. The van der Waals surface area contributed by atoms with Gasteiger partial charge in [-0.2, -0.15) is 10.2 Å². The molecule has 0 aliphatic heterocycles. The number of nitrogen functional groups attached to an aromatic ring is 1. The molecule has 19 nitrogen and oxygen atoms in total. The fourth-order valence-corrected chi connectivity index (χ4v) is 6.10. The molecule has 21 heteroatoms. The summed E-state index contributed by atoms with van der Waals surface area (Å²) < 4.78 is 3.37. The normalized spacial score (nSPS) is 12.1. The SMILES string of the molecule is NNC(=O)c1ccc(-n2cccn2)cc1.[C-]#[N+]c1ccc(N[C@@H](C(=O)NNC(=O)c2ccc(-n3cccn3)cc2)[C@H](C)O)c(C)c1Cl.[C-]#[N+]c1ccc(N[C@@H](C(=O)O)[C@H](C)O)c(C)c1Cl. The molecule has 0 bridgehead atoms. The van der Waals surface area contributed by atoms with Gasteiger partial charge in [0.15, 0.2) is 6.04 Å². The minimum absolute atomic E-state index is 0.265. The molecule has 0 saturated carbocycles. The average molecular weight is 924 g/mol. The van der Waals surface area contributed by atoms with Crippen molar-refractivity contribution in [1.29, 1.82) is 0 Å². The Balaban J connectivity index is 0.000000236. The van der Waals surface area contributed by atoms with E-state index in [0.29, 0.717) is 45.0 Å². The van der Waals surface area contributed by atoms with Gasteiger partial charge in [-0.05, 0) is 112 Å². The van der Waals surface area contributed by atoms with Gasteiger partial charge >= 0.3 is 5.97 Å². The van der Waals surface area contributed by atoms with Crippen molar-refractivity contribution in [3.8, 4) is 11.4 Å². The number of aromatic nitrogens is 4. The summed E-state index contributed by atoms with van der Waals surface area (Å²) in [6.07, 6.45) is 4.82. The van der Waals surface area contributed by atoms with Crippen molar-refractivity contribution in [2.75, 3.05) is 10.6 Å². The number of aliphatic carboxylic acids is 1. The van der Waals surface area contributed by atoms with Crippen LogP contribution >= 0.6 is 23.2 Å². The number of aliphatic hydroxyl groups is 2. The van der Waals surface area contributed by atoms with E-state index in [2.05, 4.69) is 46.8 Å². The van der Waals surface area contributed by atoms with E-state index in [1.54, 1.807) is 109 Å². The van der Waals surface area contributed by atoms with Gasteiger partial charge < -0.3 is 26.0 Å². The second-order valence-corrected chi connectivity index (χ2v) is 14.6. The number of aliphatic hydroxyl groups excluding tert-OH is 2. The topological polar surface area (TPSA) is 260 Å². The molecule has 3 amide bonds. The van der Waals surface area contributed by atoms with E-state index in [1.807, 2.05) is 12.3 Å². The zero-order chi connectivity index (χ0) is 47.8. The first-order valence-electron chi connectivity index (χ1n) is 19.3. The number of halogens is 2. The smallest absolute Gasteiger partial charge is 0.328 e. The molecule has 336 valence electrons. The number of hydrogen-bond donors (Lipinski definition) is 9. The van der Waals surface area contributed by atoms with Gasteiger partial charge in [-0.3, -0.25) is 30.7 Å². The van der Waals surface area contributed by atoms with E-state index in [1.165, 1.54) is 26.0 Å². The monoisotopic (exact) mass is 922 g/mol. The van der Waals surface area contributed by atoms with E-state index in [0.717, 1.165) is 11.4 Å². The van der Waals surface area contributed by atoms with Gasteiger partial charge in [-0.25, -0.2) is 29.7 Å². The van der Waals surface area contributed by atoms with Crippen LogP contribution in [0.25, 0.3) is 21.1 Å². The van der Waals surface area contributed by atoms with Gasteiger partial charge in [0.1, 0.15) is 6.04 Å². The van der Waals surface area contributed by atoms with E-state index in [9.17, 15) is 29.4 Å². The molecule has 0 fully saturated rings. The molecule has 4 atom stereocenters. The molecule has 6 rings (SSSR count). The molecule has 2 heterocycles. The number of carboxylic acids is 1. The van der Waals surface area contributed by atoms with Gasteiger partial charge in [0.05, 0.1) is 46.8 Å². The minimum atomic E-state index is -1.16. The highest BCUT2D eigenvalue weighted by Crippen LogP contribution is 2.34. The summed E-state index contributed by atoms with van der Waals surface area (Å²) in [6.45, 7) is 20.2. The number of hydrazine groups is 2. The van der Waals surface area contributed by atoms with Crippen LogP contribution in [0.2, 0.25) is 10.0 Å². The van der Waals surface area contributed by atoms with Crippen molar-refractivity contribution in [2.45, 2.75) is 52.0 Å². The number of nitrogens with two attached hydrogens (primary N) is 1. The van der Waals surface area contributed by atoms with Crippen molar-refractivity contribution in [3.05, 3.63) is 165 Å². The lowest BCUT2D eigenvalue weighted by molar-refractivity contribution is -0.140. The van der Waals surface area contributed by atoms with Crippen LogP contribution in [0.4, 0.5) is 22.7 Å². The molecule has 0 aliphatic carbocycles. The Bertz CT molecular complexity index is 2660. The van der Waals surface area contributed by atoms with E-state index < -0.39 is 42.1 Å². The molecule has 10 N–H and O–H groups in total. The molecule has 6 aromatic rings. The number of hydrogen-bond acceptors (Lipinski definition) is 11. The molecular formula is C44H44Cl2N12O7. The molecule has 2 aromatic heterocycles. The fourth-order valence-electron chi connectivity index (χ4n) is 5.68. The maximum atomic E-state index is 12.6. The maximum Gasteiger partial charge on any atom is 0.328 e. The number of rotatable bonds is 12. The highest BCUT2D eigenvalue weighted by molar-refractivity contribution is 6.35. The molecule has 65 heavy (non-hydrogen) atoms. The summed E-state index contributed by atoms with van der Waals surface area (Å²) in [5.74, 6) is 2.39. The van der Waals surface area contributed by atoms with Crippen LogP contribution in [0.15, 0.2) is 110 Å². The quantitative estimate of drug-likeness (QED) is 0.0300. The summed E-state index contributed by atoms with van der Waals surface area (Å²) in [5.41, 5.74) is 12.0. The highest BCUT2D eigenvalue weighted by atomic mass is 35.5. The first-order chi connectivity index (χ1) is 31.0. The number of anilines is 2. The van der Waals surface area contributed by atoms with E-state index in [4.69, 9.17) is 47.3 Å². The third kappa shape index (κ3) is 13.4. The van der Waals surface area contributed by atoms with E-state index in [-0.39, 0.29) is 16.0 Å². The number of nitrogens with zero attached hydrogens (tertiary/aromatic N) is 6. The Hall–Kier alpha value is -7.78. The Morgan fingerprint density at radius 1 is 0.662 bits per heavy atom. The summed E-state index contributed by atoms with van der Waals surface area (Å²) in [7, 11) is 0. The van der Waals surface area contributed by atoms with Crippen LogP contribution in [-0.4, -0.2) is 82.9 Å². The third-order valence-electron chi connectivity index (χ3n) is 9.34. The fraction of sp³-hybridized carbons (Fsp3) is 0.182. The Kier molecular flexibility index (Phi) is 18.1. The molecular weight excluding hydrogens is 879 g/mol. The van der Waals surface area contributed by atoms with Crippen LogP contribution in [0.5, 0.6) is 0 Å². The van der Waals surface area contributed by atoms with Gasteiger partial charge in [-0.15, -0.1) is 0 Å². The Morgan fingerprint density at radius 3 is 1.43 bits per heavy atom. The number of carbonyl (C=O) groups excluding carboxylic acids is 3. The number of carbonyl (C=O) groups is 4. The van der Waals surface area contributed by atoms with Crippen LogP contribution in [-0.2, 0) is 9.59 Å². The van der Waals surface area contributed by atoms with Crippen LogP contribution < -0.4 is 32.8 Å². The average Bonchev–Trinajstić information content (AvgIpc) is 4.06. The highest BCUT2D eigenvalue weighted by Gasteiger charge is 2.26. The second kappa shape index (κ2) is 23.6. The van der Waals surface area contributed by atoms with Crippen molar-refractivity contribution in [1.82, 2.24) is 35.8 Å². The van der Waals surface area contributed by atoms with Crippen molar-refractivity contribution >= 4 is 69.6 Å². The number of amides is 3. The Labute approximate surface area is 383 Å². The summed E-state index contributed by atoms with van der Waals surface area (Å²) in [5, 5.41) is 42.8. The van der Waals surface area contributed by atoms with Crippen molar-refractivity contribution < 1.29 is 34.5 Å². The molecule has 0 saturated heterocycles. The van der Waals surface area contributed by atoms with Gasteiger partial charge in [0, 0.05) is 47.3 Å². The van der Waals surface area contributed by atoms with Crippen LogP contribution in [0.1, 0.15) is 45.7 Å². The molecule has 0 radical (unpaired) electrons. The van der Waals surface area contributed by atoms with Crippen molar-refractivity contribution in [2.24, 2.45) is 5.84 Å². The van der Waals surface area contributed by atoms with Crippen LogP contribution in [0, 0.1) is 27.0 Å². The standard InChI is InChI=1S/C22H21ClN6O3.C12H13ClN2O3.C10H10N4O/c1-13-17(9-10-18(24-3)19(13)23)26-20(14(2)30)22(32)28-27-21(31)15-5-7-16(8-6-15)29-12-4-11-25-29;1-6-8(4-5-9(14-3)10(6)13)15-11(7(2)16)12(17)18;11-13-10(15)8-2-4-9(5-3-8)14-7-1-6-12-14/h4-12,14,20,26,30H,1-2H3,(H,27,31)(H,28,32);4-5,7,11,15-16H,1-2H3,(H,17,18);1-7H,11H2,(H,13,15)/t14-,20+;7-,11+;/m00./s1. The lowest BCUT2D eigenvalue weighted by Crippen LogP contribution is -2.52. The first-order valence-corrected chi connectivity index (χ1v) is 20.0. The first kappa shape index (κ1) is 49.9. The van der Waals surface area contributed by atoms with Gasteiger partial charge in [0.2, 0.25) is 11.4 Å². The minimum Gasteiger partial charge on any atom is -0.480 e. The zero-order valence-electron chi connectivity index (χ0n) is 35.2. The van der Waals surface area contributed by atoms with Gasteiger partial charge in [-0.1, -0.05) is 35.3 Å². The van der Waals surface area contributed by atoms with Gasteiger partial charge in [0.25, 0.3) is 17.7 Å². The summed E-state index contributed by atoms with van der Waals surface area (Å²) in [6, 6.07) is 21.3. The lowest BCUT2D eigenvalue weighted by Gasteiger charge is -2.23. The lowest BCUT2D eigenvalue weighted by atomic mass is 10.1. The molecule has 4 aromatic carbocycles. The summed E-state index contributed by atoms with van der Waals surface area (Å²) >= 11 is 12.2. The zero-order valence-corrected chi connectivity index (χ0v) is 36.7. The Morgan fingerprint density at radius 2 is 1.08 bits per heavy atom. The number of nitrogens with one attached hydrogen (secondary N) is 5. The largest absolute Gasteiger partial charge is 0.480 e. The molecule has 0 unspecified atom stereocenters. The predicted molar refractivity (Wildman–Crippen MR) is 245 cm³/mol.